The molecule has 0 spiro atoms. The van der Waals surface area contributed by atoms with E-state index in [4.69, 9.17) is 11.6 Å². The Balaban J connectivity index is 2.41. The van der Waals surface area contributed by atoms with Crippen LogP contribution in [0.3, 0.4) is 0 Å². The second-order valence-electron chi connectivity index (χ2n) is 3.92. The molecule has 84 valence electrons. The van der Waals surface area contributed by atoms with E-state index in [-0.39, 0.29) is 5.78 Å². The summed E-state index contributed by atoms with van der Waals surface area (Å²) in [4.78, 5) is 15.1. The zero-order valence-corrected chi connectivity index (χ0v) is 9.97. The molecule has 2 nitrogen and oxygen atoms in total. The van der Waals surface area contributed by atoms with Gasteiger partial charge in [-0.25, -0.2) is 0 Å². The van der Waals surface area contributed by atoms with E-state index >= 15 is 0 Å². The number of carbonyl (C=O) groups excluding carboxylic acids is 1. The standard InChI is InChI=1S/C13H14ClNO/c1-9-4-2-5-11-13(9)10(8-15-11)12(16)6-3-7-14/h2,4-5,8,15H,3,6-7H2,1H3. The molecule has 0 amide bonds. The van der Waals surface area contributed by atoms with Crippen molar-refractivity contribution in [3.63, 3.8) is 0 Å². The number of Topliss-reactive ketones (excluding diaryl/α,β-unsaturated/α-hetero) is 1. The Bertz CT molecular complexity index is 516. The van der Waals surface area contributed by atoms with E-state index in [0.29, 0.717) is 12.3 Å². The lowest BCUT2D eigenvalue weighted by molar-refractivity contribution is 0.0983. The van der Waals surface area contributed by atoms with Gasteiger partial charge in [-0.1, -0.05) is 12.1 Å². The van der Waals surface area contributed by atoms with Crippen molar-refractivity contribution in [1.82, 2.24) is 4.98 Å². The van der Waals surface area contributed by atoms with Crippen LogP contribution < -0.4 is 0 Å². The number of hydrogen-bond acceptors (Lipinski definition) is 1. The Kier molecular flexibility index (Phi) is 3.30. The van der Waals surface area contributed by atoms with Crippen LogP contribution in [-0.2, 0) is 0 Å². The first-order chi connectivity index (χ1) is 7.74. The zero-order valence-electron chi connectivity index (χ0n) is 9.22. The van der Waals surface area contributed by atoms with Crippen LogP contribution in [0.2, 0.25) is 0 Å². The molecular weight excluding hydrogens is 222 g/mol. The third-order valence-corrected chi connectivity index (χ3v) is 3.02. The highest BCUT2D eigenvalue weighted by Gasteiger charge is 2.12. The highest BCUT2D eigenvalue weighted by Crippen LogP contribution is 2.23. The van der Waals surface area contributed by atoms with Gasteiger partial charge in [-0.15, -0.1) is 11.6 Å². The molecule has 2 aromatic rings. The first kappa shape index (κ1) is 11.2. The van der Waals surface area contributed by atoms with Crippen molar-refractivity contribution in [2.75, 3.05) is 5.88 Å². The van der Waals surface area contributed by atoms with E-state index in [1.54, 1.807) is 6.20 Å². The van der Waals surface area contributed by atoms with Crippen LogP contribution in [0.25, 0.3) is 10.9 Å². The van der Waals surface area contributed by atoms with Gasteiger partial charge in [-0.05, 0) is 25.0 Å². The number of alkyl halides is 1. The van der Waals surface area contributed by atoms with E-state index < -0.39 is 0 Å². The fraction of sp³-hybridized carbons (Fsp3) is 0.308. The fourth-order valence-electron chi connectivity index (χ4n) is 1.95. The maximum atomic E-state index is 12.0. The minimum absolute atomic E-state index is 0.168. The number of aryl methyl sites for hydroxylation is 1. The fourth-order valence-corrected chi connectivity index (χ4v) is 2.08. The maximum absolute atomic E-state index is 12.0. The van der Waals surface area contributed by atoms with Gasteiger partial charge in [-0.2, -0.15) is 0 Å². The molecule has 0 bridgehead atoms. The first-order valence-corrected chi connectivity index (χ1v) is 5.93. The molecule has 0 aliphatic heterocycles. The zero-order chi connectivity index (χ0) is 11.5. The van der Waals surface area contributed by atoms with Gasteiger partial charge in [0.2, 0.25) is 0 Å². The molecule has 0 atom stereocenters. The topological polar surface area (TPSA) is 32.9 Å². The smallest absolute Gasteiger partial charge is 0.165 e. The highest BCUT2D eigenvalue weighted by atomic mass is 35.5. The molecule has 0 unspecified atom stereocenters. The molecule has 3 heteroatoms. The number of carbonyl (C=O) groups is 1. The Labute approximate surface area is 99.6 Å². The van der Waals surface area contributed by atoms with Crippen LogP contribution in [0.5, 0.6) is 0 Å². The van der Waals surface area contributed by atoms with Gasteiger partial charge < -0.3 is 4.98 Å². The summed E-state index contributed by atoms with van der Waals surface area (Å²) in [5, 5.41) is 1.04. The van der Waals surface area contributed by atoms with Crippen molar-refractivity contribution in [1.29, 1.82) is 0 Å². The van der Waals surface area contributed by atoms with Crippen LogP contribution in [-0.4, -0.2) is 16.6 Å². The minimum atomic E-state index is 0.168. The lowest BCUT2D eigenvalue weighted by Gasteiger charge is -2.00. The summed E-state index contributed by atoms with van der Waals surface area (Å²) in [6.45, 7) is 2.02. The molecule has 0 saturated heterocycles. The molecule has 0 aliphatic carbocycles. The molecule has 1 aromatic carbocycles. The van der Waals surface area contributed by atoms with Crippen molar-refractivity contribution in [2.24, 2.45) is 0 Å². The quantitative estimate of drug-likeness (QED) is 0.637. The Morgan fingerprint density at radius 2 is 2.25 bits per heavy atom. The van der Waals surface area contributed by atoms with Crippen molar-refractivity contribution in [3.05, 3.63) is 35.5 Å². The molecule has 0 radical (unpaired) electrons. The first-order valence-electron chi connectivity index (χ1n) is 5.40. The molecule has 2 rings (SSSR count). The predicted octanol–water partition coefficient (Wildman–Crippen LogP) is 3.68. The van der Waals surface area contributed by atoms with E-state index in [1.807, 2.05) is 25.1 Å². The average molecular weight is 236 g/mol. The summed E-state index contributed by atoms with van der Waals surface area (Å²) in [6, 6.07) is 6.00. The summed E-state index contributed by atoms with van der Waals surface area (Å²) in [6.07, 6.45) is 3.05. The summed E-state index contributed by atoms with van der Waals surface area (Å²) >= 11 is 5.60. The van der Waals surface area contributed by atoms with E-state index in [1.165, 1.54) is 0 Å². The van der Waals surface area contributed by atoms with Gasteiger partial charge in [0, 0.05) is 35.0 Å². The molecule has 16 heavy (non-hydrogen) atoms. The second-order valence-corrected chi connectivity index (χ2v) is 4.29. The Hall–Kier alpha value is -1.28. The van der Waals surface area contributed by atoms with Crippen molar-refractivity contribution in [3.8, 4) is 0 Å². The van der Waals surface area contributed by atoms with Gasteiger partial charge in [0.15, 0.2) is 5.78 Å². The number of ketones is 1. The van der Waals surface area contributed by atoms with Gasteiger partial charge in [0.25, 0.3) is 0 Å². The number of hydrogen-bond donors (Lipinski definition) is 1. The van der Waals surface area contributed by atoms with Crippen molar-refractivity contribution >= 4 is 28.3 Å². The monoisotopic (exact) mass is 235 g/mol. The predicted molar refractivity (Wildman–Crippen MR) is 67.3 cm³/mol. The largest absolute Gasteiger partial charge is 0.360 e. The van der Waals surface area contributed by atoms with Gasteiger partial charge >= 0.3 is 0 Å². The van der Waals surface area contributed by atoms with E-state index in [2.05, 4.69) is 4.98 Å². The van der Waals surface area contributed by atoms with Crippen LogP contribution in [0.1, 0.15) is 28.8 Å². The Morgan fingerprint density at radius 3 is 3.00 bits per heavy atom. The third-order valence-electron chi connectivity index (χ3n) is 2.75. The normalized spacial score (nSPS) is 10.9. The summed E-state index contributed by atoms with van der Waals surface area (Å²) in [5.41, 5.74) is 2.94. The van der Waals surface area contributed by atoms with Gasteiger partial charge in [-0.3, -0.25) is 4.79 Å². The molecule has 0 aliphatic rings. The molecule has 0 saturated carbocycles. The minimum Gasteiger partial charge on any atom is -0.360 e. The second kappa shape index (κ2) is 4.71. The van der Waals surface area contributed by atoms with Crippen molar-refractivity contribution in [2.45, 2.75) is 19.8 Å². The average Bonchev–Trinajstić information content (AvgIpc) is 2.71. The summed E-state index contributed by atoms with van der Waals surface area (Å²) in [5.74, 6) is 0.703. The lowest BCUT2D eigenvalue weighted by atomic mass is 10.0. The highest BCUT2D eigenvalue weighted by molar-refractivity contribution is 6.18. The van der Waals surface area contributed by atoms with Crippen LogP contribution in [0.15, 0.2) is 24.4 Å². The van der Waals surface area contributed by atoms with Crippen LogP contribution in [0, 0.1) is 6.92 Å². The molecule has 0 fully saturated rings. The number of fused-ring (bicyclic) bond motifs is 1. The number of H-pyrrole nitrogens is 1. The third kappa shape index (κ3) is 1.98. The number of nitrogens with one attached hydrogen (secondary N) is 1. The molecule has 1 aromatic heterocycles. The van der Waals surface area contributed by atoms with Crippen molar-refractivity contribution < 1.29 is 4.79 Å². The number of aromatic amines is 1. The van der Waals surface area contributed by atoms with Crippen LogP contribution in [0.4, 0.5) is 0 Å². The van der Waals surface area contributed by atoms with Gasteiger partial charge in [0.05, 0.1) is 0 Å². The van der Waals surface area contributed by atoms with E-state index in [0.717, 1.165) is 28.5 Å². The maximum Gasteiger partial charge on any atom is 0.165 e. The lowest BCUT2D eigenvalue weighted by Crippen LogP contribution is -1.98. The molecule has 1 N–H and O–H groups in total. The summed E-state index contributed by atoms with van der Waals surface area (Å²) in [7, 11) is 0. The van der Waals surface area contributed by atoms with Gasteiger partial charge in [0.1, 0.15) is 0 Å². The molecular formula is C13H14ClNO. The number of rotatable bonds is 4. The SMILES string of the molecule is Cc1cccc2[nH]cc(C(=O)CCCCl)c12. The number of halogens is 1. The Morgan fingerprint density at radius 1 is 1.44 bits per heavy atom. The van der Waals surface area contributed by atoms with Crippen LogP contribution >= 0.6 is 11.6 Å². The number of aromatic nitrogens is 1. The number of benzene rings is 1. The van der Waals surface area contributed by atoms with E-state index in [9.17, 15) is 4.79 Å². The summed E-state index contributed by atoms with van der Waals surface area (Å²) < 4.78 is 0. The molecule has 1 heterocycles.